The lowest BCUT2D eigenvalue weighted by Gasteiger charge is -2.21. The van der Waals surface area contributed by atoms with Crippen molar-refractivity contribution in [3.8, 4) is 0 Å². The van der Waals surface area contributed by atoms with Crippen LogP contribution in [0.2, 0.25) is 0 Å². The topological polar surface area (TPSA) is 95.5 Å². The van der Waals surface area contributed by atoms with Gasteiger partial charge in [-0.2, -0.15) is 0 Å². The summed E-state index contributed by atoms with van der Waals surface area (Å²) >= 11 is 0. The zero-order valence-electron chi connectivity index (χ0n) is 9.09. The number of aldehydes is 1. The molecule has 2 N–H and O–H groups in total. The van der Waals surface area contributed by atoms with Gasteiger partial charge in [0.25, 0.3) is 0 Å². The van der Waals surface area contributed by atoms with Gasteiger partial charge in [0, 0.05) is 4.92 Å². The monoisotopic (exact) mass is 218 g/mol. The Kier molecular flexibility index (Phi) is 6.81. The third kappa shape index (κ3) is 5.44. The molecule has 15 heavy (non-hydrogen) atoms. The fourth-order valence-corrected chi connectivity index (χ4v) is 1.21. The average Bonchev–Trinajstić information content (AvgIpc) is 2.18. The van der Waals surface area contributed by atoms with Crippen LogP contribution in [-0.4, -0.2) is 36.0 Å². The molecule has 0 aliphatic heterocycles. The number of nitro groups is 1. The molecule has 0 unspecified atom stereocenters. The molecule has 6 nitrogen and oxygen atoms in total. The summed E-state index contributed by atoms with van der Waals surface area (Å²) in [7, 11) is 0. The van der Waals surface area contributed by atoms with Crippen LogP contribution in [0.4, 0.5) is 0 Å². The first-order valence-electron chi connectivity index (χ1n) is 5.03. The van der Waals surface area contributed by atoms with Gasteiger partial charge >= 0.3 is 0 Å². The standard InChI is InChI=1S/C9H18N2O4/c1-3-7(4-2)15-9(6-12)8(10)5-11(13)14/h6-9H,3-5,10H2,1-2H3/t8-,9-/m1/s1. The van der Waals surface area contributed by atoms with Gasteiger partial charge in [-0.05, 0) is 12.8 Å². The highest BCUT2D eigenvalue weighted by molar-refractivity contribution is 5.57. The van der Waals surface area contributed by atoms with Crippen LogP contribution in [0.15, 0.2) is 0 Å². The molecule has 0 radical (unpaired) electrons. The van der Waals surface area contributed by atoms with Gasteiger partial charge in [-0.3, -0.25) is 10.1 Å². The van der Waals surface area contributed by atoms with Crippen molar-refractivity contribution < 1.29 is 14.5 Å². The van der Waals surface area contributed by atoms with Crippen LogP contribution in [0, 0.1) is 10.1 Å². The number of nitrogens with zero attached hydrogens (tertiary/aromatic N) is 1. The molecule has 0 aromatic heterocycles. The molecule has 6 heteroatoms. The molecule has 0 amide bonds. The first kappa shape index (κ1) is 14.0. The molecule has 2 atom stereocenters. The second-order valence-corrected chi connectivity index (χ2v) is 3.35. The lowest BCUT2D eigenvalue weighted by Crippen LogP contribution is -2.44. The summed E-state index contributed by atoms with van der Waals surface area (Å²) in [4.78, 5) is 20.3. The Hall–Kier alpha value is -1.01. The van der Waals surface area contributed by atoms with Gasteiger partial charge in [0.1, 0.15) is 12.1 Å². The quantitative estimate of drug-likeness (QED) is 0.360. The van der Waals surface area contributed by atoms with Gasteiger partial charge in [-0.25, -0.2) is 0 Å². The van der Waals surface area contributed by atoms with Crippen LogP contribution in [0.1, 0.15) is 26.7 Å². The van der Waals surface area contributed by atoms with E-state index in [1.54, 1.807) is 0 Å². The Bertz CT molecular complexity index is 206. The van der Waals surface area contributed by atoms with E-state index >= 15 is 0 Å². The van der Waals surface area contributed by atoms with Gasteiger partial charge in [-0.1, -0.05) is 13.8 Å². The fourth-order valence-electron chi connectivity index (χ4n) is 1.21. The van der Waals surface area contributed by atoms with Crippen LogP contribution in [-0.2, 0) is 9.53 Å². The Labute approximate surface area is 88.9 Å². The number of nitrogens with two attached hydrogens (primary N) is 1. The summed E-state index contributed by atoms with van der Waals surface area (Å²) in [5, 5.41) is 10.2. The number of hydrogen-bond donors (Lipinski definition) is 1. The molecule has 0 saturated carbocycles. The maximum Gasteiger partial charge on any atom is 0.221 e. The van der Waals surface area contributed by atoms with Crippen LogP contribution in [0.25, 0.3) is 0 Å². The lowest BCUT2D eigenvalue weighted by atomic mass is 10.1. The first-order chi connectivity index (χ1) is 7.04. The zero-order valence-corrected chi connectivity index (χ0v) is 9.09. The van der Waals surface area contributed by atoms with E-state index in [2.05, 4.69) is 0 Å². The van der Waals surface area contributed by atoms with Crippen LogP contribution in [0.5, 0.6) is 0 Å². The number of ether oxygens (including phenoxy) is 1. The summed E-state index contributed by atoms with van der Waals surface area (Å²) < 4.78 is 5.36. The van der Waals surface area contributed by atoms with Crippen LogP contribution < -0.4 is 5.73 Å². The summed E-state index contributed by atoms with van der Waals surface area (Å²) in [5.74, 6) is 0. The molecule has 0 heterocycles. The van der Waals surface area contributed by atoms with Crippen molar-refractivity contribution in [3.05, 3.63) is 10.1 Å². The van der Waals surface area contributed by atoms with Crippen molar-refractivity contribution in [1.29, 1.82) is 0 Å². The molecule has 0 fully saturated rings. The Balaban J connectivity index is 4.21. The van der Waals surface area contributed by atoms with Gasteiger partial charge in [-0.15, -0.1) is 0 Å². The lowest BCUT2D eigenvalue weighted by molar-refractivity contribution is -0.484. The van der Waals surface area contributed by atoms with E-state index in [0.29, 0.717) is 6.29 Å². The van der Waals surface area contributed by atoms with Crippen LogP contribution in [0.3, 0.4) is 0 Å². The van der Waals surface area contributed by atoms with Crippen molar-refractivity contribution in [2.75, 3.05) is 6.54 Å². The molecule has 0 saturated heterocycles. The second-order valence-electron chi connectivity index (χ2n) is 3.35. The van der Waals surface area contributed by atoms with E-state index in [4.69, 9.17) is 10.5 Å². The normalized spacial score (nSPS) is 14.9. The maximum atomic E-state index is 10.7. The van der Waals surface area contributed by atoms with E-state index in [-0.39, 0.29) is 6.10 Å². The SMILES string of the molecule is CCC(CC)O[C@H](C=O)[C@H](N)C[N+](=O)[O-]. The molecule has 0 spiro atoms. The van der Waals surface area contributed by atoms with Gasteiger partial charge in [0.05, 0.1) is 6.10 Å². The van der Waals surface area contributed by atoms with Crippen molar-refractivity contribution in [1.82, 2.24) is 0 Å². The van der Waals surface area contributed by atoms with Crippen molar-refractivity contribution in [2.24, 2.45) is 5.73 Å². The average molecular weight is 218 g/mol. The highest BCUT2D eigenvalue weighted by Crippen LogP contribution is 2.07. The van der Waals surface area contributed by atoms with Crippen molar-refractivity contribution in [2.45, 2.75) is 44.9 Å². The van der Waals surface area contributed by atoms with E-state index in [1.165, 1.54) is 0 Å². The van der Waals surface area contributed by atoms with Gasteiger partial charge < -0.3 is 15.3 Å². The molecule has 0 aliphatic rings. The predicted octanol–water partition coefficient (Wildman–Crippen LogP) is 0.363. The number of carbonyl (C=O) groups is 1. The molecular formula is C9H18N2O4. The second kappa shape index (κ2) is 7.30. The van der Waals surface area contributed by atoms with Crippen molar-refractivity contribution in [3.63, 3.8) is 0 Å². The summed E-state index contributed by atoms with van der Waals surface area (Å²) in [6.07, 6.45) is 1.09. The Morgan fingerprint density at radius 2 is 2.00 bits per heavy atom. The van der Waals surface area contributed by atoms with E-state index < -0.39 is 23.6 Å². The Morgan fingerprint density at radius 1 is 1.47 bits per heavy atom. The molecule has 0 aromatic carbocycles. The van der Waals surface area contributed by atoms with E-state index in [9.17, 15) is 14.9 Å². The highest BCUT2D eigenvalue weighted by atomic mass is 16.6. The number of hydrogen-bond acceptors (Lipinski definition) is 5. The molecule has 0 aliphatic carbocycles. The Morgan fingerprint density at radius 3 is 2.33 bits per heavy atom. The first-order valence-corrected chi connectivity index (χ1v) is 5.03. The van der Waals surface area contributed by atoms with Gasteiger partial charge in [0.15, 0.2) is 6.29 Å². The number of carbonyl (C=O) groups excluding carboxylic acids is 1. The largest absolute Gasteiger partial charge is 0.366 e. The summed E-state index contributed by atoms with van der Waals surface area (Å²) in [5.41, 5.74) is 5.49. The minimum absolute atomic E-state index is 0.0713. The summed E-state index contributed by atoms with van der Waals surface area (Å²) in [6.45, 7) is 3.40. The summed E-state index contributed by atoms with van der Waals surface area (Å²) in [6, 6.07) is -0.877. The molecule has 88 valence electrons. The highest BCUT2D eigenvalue weighted by Gasteiger charge is 2.24. The molecular weight excluding hydrogens is 200 g/mol. The van der Waals surface area contributed by atoms with Crippen LogP contribution >= 0.6 is 0 Å². The molecule has 0 bridgehead atoms. The third-order valence-corrected chi connectivity index (χ3v) is 2.18. The third-order valence-electron chi connectivity index (χ3n) is 2.18. The predicted molar refractivity (Wildman–Crippen MR) is 55.1 cm³/mol. The number of rotatable bonds is 8. The smallest absolute Gasteiger partial charge is 0.221 e. The molecule has 0 rings (SSSR count). The van der Waals surface area contributed by atoms with Crippen molar-refractivity contribution >= 4 is 6.29 Å². The minimum atomic E-state index is -0.889. The zero-order chi connectivity index (χ0) is 11.8. The fraction of sp³-hybridized carbons (Fsp3) is 0.889. The molecule has 0 aromatic rings. The minimum Gasteiger partial charge on any atom is -0.366 e. The van der Waals surface area contributed by atoms with E-state index in [0.717, 1.165) is 12.8 Å². The maximum absolute atomic E-state index is 10.7. The van der Waals surface area contributed by atoms with Gasteiger partial charge in [0.2, 0.25) is 6.54 Å². The van der Waals surface area contributed by atoms with E-state index in [1.807, 2.05) is 13.8 Å².